The number of carbonyl (C=O) groups excluding carboxylic acids is 1. The Bertz CT molecular complexity index is 744. The van der Waals surface area contributed by atoms with Crippen LogP contribution in [0.15, 0.2) is 35.6 Å². The molecule has 6 nitrogen and oxygen atoms in total. The number of amides is 1. The molecule has 0 spiro atoms. The second kappa shape index (κ2) is 7.42. The summed E-state index contributed by atoms with van der Waals surface area (Å²) in [6, 6.07) is 5.30. The van der Waals surface area contributed by atoms with Crippen molar-refractivity contribution in [1.82, 2.24) is 9.97 Å². The molecule has 10 heteroatoms. The van der Waals surface area contributed by atoms with Crippen molar-refractivity contribution in [1.29, 1.82) is 0 Å². The Morgan fingerprint density at radius 3 is 2.57 bits per heavy atom. The molecule has 0 radical (unpaired) electrons. The number of hydrogen-bond acceptors (Lipinski definition) is 5. The third-order valence-corrected chi connectivity index (χ3v) is 3.52. The third kappa shape index (κ3) is 4.67. The van der Waals surface area contributed by atoms with Crippen LogP contribution in [0.5, 0.6) is 5.75 Å². The number of halogens is 3. The van der Waals surface area contributed by atoms with E-state index in [1.807, 2.05) is 0 Å². The molecule has 1 aromatic heterocycles. The van der Waals surface area contributed by atoms with Gasteiger partial charge in [-0.3, -0.25) is 9.00 Å². The highest BCUT2D eigenvalue weighted by molar-refractivity contribution is 7.84. The lowest BCUT2D eigenvalue weighted by atomic mass is 10.3. The molecular weight excluding hydrogens is 352 g/mol. The van der Waals surface area contributed by atoms with Gasteiger partial charge in [0, 0.05) is 11.9 Å². The first-order valence-electron chi connectivity index (χ1n) is 6.09. The lowest BCUT2D eigenvalue weighted by Crippen LogP contribution is -2.16. The molecule has 2 rings (SSSR count). The predicted molar refractivity (Wildman–Crippen MR) is 80.4 cm³/mol. The summed E-state index contributed by atoms with van der Waals surface area (Å²) in [5.74, 6) is -0.687. The Kier molecular flexibility index (Phi) is 5.56. The first-order valence-corrected chi connectivity index (χ1v) is 8.02. The summed E-state index contributed by atoms with van der Waals surface area (Å²) < 4.78 is 39.7. The largest absolute Gasteiger partial charge is 0.435 e. The Labute approximate surface area is 137 Å². The summed E-state index contributed by atoms with van der Waals surface area (Å²) in [6.45, 7) is -2.93. The van der Waals surface area contributed by atoms with E-state index in [1.54, 1.807) is 0 Å². The molecule has 0 aliphatic heterocycles. The predicted octanol–water partition coefficient (Wildman–Crippen LogP) is 2.72. The molecule has 1 atom stereocenters. The molecule has 0 aliphatic rings. The van der Waals surface area contributed by atoms with E-state index in [1.165, 1.54) is 36.7 Å². The fourth-order valence-corrected chi connectivity index (χ4v) is 2.16. The summed E-state index contributed by atoms with van der Waals surface area (Å²) in [7, 11) is -1.47. The van der Waals surface area contributed by atoms with E-state index in [4.69, 9.17) is 11.6 Å². The van der Waals surface area contributed by atoms with Crippen molar-refractivity contribution in [3.05, 3.63) is 41.2 Å². The average Bonchev–Trinajstić information content (AvgIpc) is 2.48. The highest BCUT2D eigenvalue weighted by atomic mass is 35.5. The van der Waals surface area contributed by atoms with Gasteiger partial charge in [-0.25, -0.2) is 9.97 Å². The van der Waals surface area contributed by atoms with Gasteiger partial charge in [-0.2, -0.15) is 8.78 Å². The van der Waals surface area contributed by atoms with Gasteiger partial charge < -0.3 is 10.1 Å². The van der Waals surface area contributed by atoms with Crippen molar-refractivity contribution < 1.29 is 22.5 Å². The highest BCUT2D eigenvalue weighted by Crippen LogP contribution is 2.19. The summed E-state index contributed by atoms with van der Waals surface area (Å²) in [4.78, 5) is 19.7. The van der Waals surface area contributed by atoms with Crippen molar-refractivity contribution in [2.75, 3.05) is 11.6 Å². The zero-order valence-electron chi connectivity index (χ0n) is 11.6. The second-order valence-electron chi connectivity index (χ2n) is 4.16. The molecule has 0 aliphatic carbocycles. The molecule has 0 saturated carbocycles. The smallest absolute Gasteiger partial charge is 0.387 e. The minimum atomic E-state index is -2.93. The summed E-state index contributed by atoms with van der Waals surface area (Å²) in [5, 5.41) is 2.46. The molecule has 1 amide bonds. The number of nitrogens with one attached hydrogen (secondary N) is 1. The first kappa shape index (κ1) is 17.2. The van der Waals surface area contributed by atoms with Crippen molar-refractivity contribution in [3.63, 3.8) is 0 Å². The van der Waals surface area contributed by atoms with Crippen LogP contribution in [-0.2, 0) is 10.8 Å². The lowest BCUT2D eigenvalue weighted by molar-refractivity contribution is -0.0498. The number of alkyl halides is 2. The van der Waals surface area contributed by atoms with Crippen LogP contribution in [0.4, 0.5) is 14.5 Å². The third-order valence-electron chi connectivity index (χ3n) is 2.53. The molecule has 0 saturated heterocycles. The van der Waals surface area contributed by atoms with Gasteiger partial charge in [0.2, 0.25) is 5.16 Å². The Morgan fingerprint density at radius 2 is 2.00 bits per heavy atom. The van der Waals surface area contributed by atoms with Gasteiger partial charge in [0.25, 0.3) is 5.91 Å². The van der Waals surface area contributed by atoms with Crippen LogP contribution in [0.3, 0.4) is 0 Å². The van der Waals surface area contributed by atoms with E-state index in [0.29, 0.717) is 5.69 Å². The summed E-state index contributed by atoms with van der Waals surface area (Å²) in [6.07, 6.45) is 2.55. The maximum atomic E-state index is 12.1. The monoisotopic (exact) mass is 361 g/mol. The van der Waals surface area contributed by atoms with E-state index in [2.05, 4.69) is 20.0 Å². The number of benzene rings is 1. The number of nitrogens with zero attached hydrogens (tertiary/aromatic N) is 2. The van der Waals surface area contributed by atoms with E-state index in [9.17, 15) is 17.8 Å². The number of ether oxygens (including phenoxy) is 1. The van der Waals surface area contributed by atoms with E-state index in [0.717, 1.165) is 0 Å². The van der Waals surface area contributed by atoms with Crippen LogP contribution in [0, 0.1) is 0 Å². The SMILES string of the molecule is CS(=O)c1ncc(Cl)c(C(=O)Nc2ccc(OC(F)F)cc2)n1. The number of hydrogen-bond donors (Lipinski definition) is 1. The van der Waals surface area contributed by atoms with Crippen LogP contribution < -0.4 is 10.1 Å². The molecule has 1 heterocycles. The number of aromatic nitrogens is 2. The van der Waals surface area contributed by atoms with Crippen molar-refractivity contribution in [2.24, 2.45) is 0 Å². The summed E-state index contributed by atoms with van der Waals surface area (Å²) in [5.41, 5.74) is 0.185. The Balaban J connectivity index is 2.15. The van der Waals surface area contributed by atoms with Crippen molar-refractivity contribution >= 4 is 34.0 Å². The van der Waals surface area contributed by atoms with Crippen molar-refractivity contribution in [2.45, 2.75) is 11.8 Å². The molecule has 0 fully saturated rings. The van der Waals surface area contributed by atoms with Gasteiger partial charge >= 0.3 is 6.61 Å². The van der Waals surface area contributed by atoms with Crippen LogP contribution >= 0.6 is 11.6 Å². The fraction of sp³-hybridized carbons (Fsp3) is 0.154. The van der Waals surface area contributed by atoms with Gasteiger partial charge in [0.05, 0.1) is 22.0 Å². The Morgan fingerprint density at radius 1 is 1.35 bits per heavy atom. The molecule has 1 unspecified atom stereocenters. The molecule has 0 bridgehead atoms. The van der Waals surface area contributed by atoms with Gasteiger partial charge in [-0.1, -0.05) is 11.6 Å². The first-order chi connectivity index (χ1) is 10.9. The topological polar surface area (TPSA) is 81.2 Å². The Hall–Kier alpha value is -2.13. The van der Waals surface area contributed by atoms with E-state index >= 15 is 0 Å². The van der Waals surface area contributed by atoms with Crippen LogP contribution in [-0.4, -0.2) is 33.0 Å². The van der Waals surface area contributed by atoms with Crippen LogP contribution in [0.1, 0.15) is 10.5 Å². The molecule has 23 heavy (non-hydrogen) atoms. The molecule has 122 valence electrons. The van der Waals surface area contributed by atoms with Gasteiger partial charge in [0.15, 0.2) is 5.69 Å². The minimum Gasteiger partial charge on any atom is -0.435 e. The van der Waals surface area contributed by atoms with Crippen LogP contribution in [0.2, 0.25) is 5.02 Å². The highest BCUT2D eigenvalue weighted by Gasteiger charge is 2.16. The quantitative estimate of drug-likeness (QED) is 0.828. The number of carbonyl (C=O) groups is 1. The molecular formula is C13H10ClF2N3O3S. The molecule has 1 aromatic carbocycles. The lowest BCUT2D eigenvalue weighted by Gasteiger charge is -2.08. The van der Waals surface area contributed by atoms with Crippen molar-refractivity contribution in [3.8, 4) is 5.75 Å². The summed E-state index contributed by atoms with van der Waals surface area (Å²) >= 11 is 5.86. The van der Waals surface area contributed by atoms with Gasteiger partial charge in [-0.05, 0) is 24.3 Å². The molecule has 2 aromatic rings. The van der Waals surface area contributed by atoms with Gasteiger partial charge in [0.1, 0.15) is 5.75 Å². The standard InChI is InChI=1S/C13H10ClF2N3O3S/c1-23(21)13-17-6-9(14)10(19-13)11(20)18-7-2-4-8(5-3-7)22-12(15)16/h2-6,12H,1H3,(H,18,20). The van der Waals surface area contributed by atoms with Crippen LogP contribution in [0.25, 0.3) is 0 Å². The normalized spacial score (nSPS) is 12.0. The molecule has 1 N–H and O–H groups in total. The fourth-order valence-electron chi connectivity index (χ4n) is 1.56. The number of rotatable bonds is 5. The minimum absolute atomic E-state index is 0.00523. The average molecular weight is 362 g/mol. The maximum Gasteiger partial charge on any atom is 0.387 e. The van der Waals surface area contributed by atoms with E-state index < -0.39 is 23.3 Å². The maximum absolute atomic E-state index is 12.1. The zero-order valence-corrected chi connectivity index (χ0v) is 13.2. The number of anilines is 1. The second-order valence-corrected chi connectivity index (χ2v) is 5.84. The van der Waals surface area contributed by atoms with Gasteiger partial charge in [-0.15, -0.1) is 0 Å². The van der Waals surface area contributed by atoms with E-state index in [-0.39, 0.29) is 21.6 Å². The zero-order chi connectivity index (χ0) is 17.0.